The Morgan fingerprint density at radius 2 is 2.00 bits per heavy atom. The minimum absolute atomic E-state index is 0.406. The Bertz CT molecular complexity index is 504. The van der Waals surface area contributed by atoms with Gasteiger partial charge in [-0.1, -0.05) is 0 Å². The fraction of sp³-hybridized carbons (Fsp3) is 0.462. The van der Waals surface area contributed by atoms with Crippen LogP contribution in [0.3, 0.4) is 0 Å². The number of hydrogen-bond donors (Lipinski definition) is 1. The first-order chi connectivity index (χ1) is 8.65. The predicted molar refractivity (Wildman–Crippen MR) is 69.9 cm³/mol. The molecule has 0 fully saturated rings. The maximum atomic E-state index is 4.48. The van der Waals surface area contributed by atoms with Gasteiger partial charge < -0.3 is 5.32 Å². The predicted octanol–water partition coefficient (Wildman–Crippen LogP) is 1.85. The van der Waals surface area contributed by atoms with E-state index in [-0.39, 0.29) is 0 Å². The van der Waals surface area contributed by atoms with Gasteiger partial charge in [0.1, 0.15) is 5.82 Å². The summed E-state index contributed by atoms with van der Waals surface area (Å²) in [6.45, 7) is 7.62. The zero-order chi connectivity index (χ0) is 13.0. The number of nitrogens with zero attached hydrogens (tertiary/aromatic N) is 4. The summed E-state index contributed by atoms with van der Waals surface area (Å²) in [5.74, 6) is 0.804. The summed E-state index contributed by atoms with van der Waals surface area (Å²) in [7, 11) is 0. The second-order valence-corrected chi connectivity index (χ2v) is 4.58. The van der Waals surface area contributed by atoms with Crippen molar-refractivity contribution in [1.82, 2.24) is 25.1 Å². The highest BCUT2D eigenvalue weighted by molar-refractivity contribution is 5.03. The second-order valence-electron chi connectivity index (χ2n) is 4.58. The van der Waals surface area contributed by atoms with Crippen molar-refractivity contribution in [2.45, 2.75) is 39.9 Å². The van der Waals surface area contributed by atoms with E-state index in [9.17, 15) is 0 Å². The van der Waals surface area contributed by atoms with Crippen LogP contribution in [0.2, 0.25) is 0 Å². The average molecular weight is 245 g/mol. The molecule has 0 aliphatic heterocycles. The summed E-state index contributed by atoms with van der Waals surface area (Å²) in [6.07, 6.45) is 3.79. The lowest BCUT2D eigenvalue weighted by molar-refractivity contribution is 0.521. The van der Waals surface area contributed by atoms with Crippen molar-refractivity contribution in [1.29, 1.82) is 0 Å². The van der Waals surface area contributed by atoms with Gasteiger partial charge >= 0.3 is 0 Å². The molecule has 1 N–H and O–H groups in total. The van der Waals surface area contributed by atoms with E-state index in [1.54, 1.807) is 6.20 Å². The van der Waals surface area contributed by atoms with E-state index >= 15 is 0 Å². The van der Waals surface area contributed by atoms with Crippen LogP contribution in [0, 0.1) is 6.92 Å². The standard InChI is InChI=1S/C13H19N5/c1-10(2)18-7-5-13(17-18)9-14-8-12-4-6-15-11(3)16-12/h4-7,10,14H,8-9H2,1-3H3. The second kappa shape index (κ2) is 5.73. The van der Waals surface area contributed by atoms with Crippen molar-refractivity contribution >= 4 is 0 Å². The average Bonchev–Trinajstić information content (AvgIpc) is 2.78. The van der Waals surface area contributed by atoms with Gasteiger partial charge in [0, 0.05) is 31.5 Å². The van der Waals surface area contributed by atoms with Crippen molar-refractivity contribution in [3.8, 4) is 0 Å². The van der Waals surface area contributed by atoms with Crippen LogP contribution in [0.1, 0.15) is 37.1 Å². The molecule has 5 heteroatoms. The largest absolute Gasteiger partial charge is 0.305 e. The molecule has 0 saturated heterocycles. The molecule has 0 unspecified atom stereocenters. The van der Waals surface area contributed by atoms with E-state index in [0.29, 0.717) is 6.04 Å². The van der Waals surface area contributed by atoms with Crippen molar-refractivity contribution < 1.29 is 0 Å². The van der Waals surface area contributed by atoms with E-state index in [1.807, 2.05) is 29.9 Å². The monoisotopic (exact) mass is 245 g/mol. The van der Waals surface area contributed by atoms with Gasteiger partial charge in [-0.05, 0) is 32.9 Å². The third-order valence-corrected chi connectivity index (χ3v) is 2.64. The molecule has 2 aromatic rings. The first-order valence-electron chi connectivity index (χ1n) is 6.18. The van der Waals surface area contributed by atoms with Crippen LogP contribution >= 0.6 is 0 Å². The van der Waals surface area contributed by atoms with E-state index in [0.717, 1.165) is 30.3 Å². The molecule has 0 aromatic carbocycles. The fourth-order valence-electron chi connectivity index (χ4n) is 1.68. The van der Waals surface area contributed by atoms with Crippen LogP contribution in [0.5, 0.6) is 0 Å². The summed E-state index contributed by atoms with van der Waals surface area (Å²) >= 11 is 0. The molecule has 0 aliphatic rings. The molecule has 2 rings (SSSR count). The Kier molecular flexibility index (Phi) is 4.04. The molecule has 0 amide bonds. The van der Waals surface area contributed by atoms with Crippen molar-refractivity contribution in [2.75, 3.05) is 0 Å². The van der Waals surface area contributed by atoms with Crippen molar-refractivity contribution in [3.05, 3.63) is 41.7 Å². The van der Waals surface area contributed by atoms with Crippen molar-refractivity contribution in [3.63, 3.8) is 0 Å². The Hall–Kier alpha value is -1.75. The van der Waals surface area contributed by atoms with E-state index < -0.39 is 0 Å². The van der Waals surface area contributed by atoms with Crippen LogP contribution in [0.25, 0.3) is 0 Å². The van der Waals surface area contributed by atoms with E-state index in [4.69, 9.17) is 0 Å². The molecule has 0 aliphatic carbocycles. The van der Waals surface area contributed by atoms with Gasteiger partial charge in [0.15, 0.2) is 0 Å². The molecule has 0 bridgehead atoms. The number of rotatable bonds is 5. The molecule has 0 saturated carbocycles. The fourth-order valence-corrected chi connectivity index (χ4v) is 1.68. The molecule has 5 nitrogen and oxygen atoms in total. The quantitative estimate of drug-likeness (QED) is 0.873. The van der Waals surface area contributed by atoms with Gasteiger partial charge in [-0.2, -0.15) is 5.10 Å². The topological polar surface area (TPSA) is 55.6 Å². The van der Waals surface area contributed by atoms with Crippen LogP contribution < -0.4 is 5.32 Å². The van der Waals surface area contributed by atoms with Gasteiger partial charge in [0.05, 0.1) is 11.4 Å². The normalized spacial score (nSPS) is 11.1. The molecule has 0 radical (unpaired) electrons. The summed E-state index contributed by atoms with van der Waals surface area (Å²) in [5, 5.41) is 7.81. The van der Waals surface area contributed by atoms with Crippen LogP contribution in [-0.2, 0) is 13.1 Å². The molecular formula is C13H19N5. The lowest BCUT2D eigenvalue weighted by Crippen LogP contribution is -2.15. The van der Waals surface area contributed by atoms with Gasteiger partial charge in [0.25, 0.3) is 0 Å². The lowest BCUT2D eigenvalue weighted by atomic mass is 10.3. The minimum Gasteiger partial charge on any atom is -0.305 e. The zero-order valence-electron chi connectivity index (χ0n) is 11.1. The number of hydrogen-bond acceptors (Lipinski definition) is 4. The molecule has 2 aromatic heterocycles. The number of aryl methyl sites for hydroxylation is 1. The van der Waals surface area contributed by atoms with Gasteiger partial charge in [-0.15, -0.1) is 0 Å². The summed E-state index contributed by atoms with van der Waals surface area (Å²) < 4.78 is 1.96. The van der Waals surface area contributed by atoms with Gasteiger partial charge in [-0.3, -0.25) is 4.68 Å². The van der Waals surface area contributed by atoms with Crippen LogP contribution in [0.15, 0.2) is 24.5 Å². The van der Waals surface area contributed by atoms with Gasteiger partial charge in [-0.25, -0.2) is 9.97 Å². The van der Waals surface area contributed by atoms with E-state index in [2.05, 4.69) is 34.2 Å². The Morgan fingerprint density at radius 1 is 1.22 bits per heavy atom. The molecular weight excluding hydrogens is 226 g/mol. The third-order valence-electron chi connectivity index (χ3n) is 2.64. The SMILES string of the molecule is Cc1nccc(CNCc2ccn(C(C)C)n2)n1. The lowest BCUT2D eigenvalue weighted by Gasteiger charge is -2.05. The maximum absolute atomic E-state index is 4.48. The Morgan fingerprint density at radius 3 is 2.67 bits per heavy atom. The zero-order valence-corrected chi connectivity index (χ0v) is 11.1. The molecule has 0 spiro atoms. The summed E-state index contributed by atoms with van der Waals surface area (Å²) in [5.41, 5.74) is 2.06. The smallest absolute Gasteiger partial charge is 0.125 e. The minimum atomic E-state index is 0.406. The van der Waals surface area contributed by atoms with Crippen LogP contribution in [-0.4, -0.2) is 19.7 Å². The number of aromatic nitrogens is 4. The highest BCUT2D eigenvalue weighted by atomic mass is 15.3. The third kappa shape index (κ3) is 3.37. The first kappa shape index (κ1) is 12.7. The van der Waals surface area contributed by atoms with Crippen molar-refractivity contribution in [2.24, 2.45) is 0 Å². The first-order valence-corrected chi connectivity index (χ1v) is 6.18. The molecule has 0 atom stereocenters. The Labute approximate surface area is 107 Å². The number of nitrogens with one attached hydrogen (secondary N) is 1. The Balaban J connectivity index is 1.84. The maximum Gasteiger partial charge on any atom is 0.125 e. The van der Waals surface area contributed by atoms with Gasteiger partial charge in [0.2, 0.25) is 0 Å². The van der Waals surface area contributed by atoms with E-state index in [1.165, 1.54) is 0 Å². The van der Waals surface area contributed by atoms with Crippen LogP contribution in [0.4, 0.5) is 0 Å². The highest BCUT2D eigenvalue weighted by Crippen LogP contribution is 2.04. The summed E-state index contributed by atoms with van der Waals surface area (Å²) in [6, 6.07) is 4.37. The summed E-state index contributed by atoms with van der Waals surface area (Å²) in [4.78, 5) is 8.41. The molecule has 96 valence electrons. The molecule has 2 heterocycles. The molecule has 18 heavy (non-hydrogen) atoms. The highest BCUT2D eigenvalue weighted by Gasteiger charge is 2.02.